The van der Waals surface area contributed by atoms with E-state index in [9.17, 15) is 5.11 Å². The normalized spacial score (nSPS) is 33.5. The highest BCUT2D eigenvalue weighted by atomic mass is 16.5. The summed E-state index contributed by atoms with van der Waals surface area (Å²) in [7, 11) is 0. The van der Waals surface area contributed by atoms with Crippen LogP contribution in [0.4, 0.5) is 0 Å². The summed E-state index contributed by atoms with van der Waals surface area (Å²) in [4.78, 5) is 0. The second-order valence-corrected chi connectivity index (χ2v) is 6.28. The molecule has 0 radical (unpaired) electrons. The first-order valence-corrected chi connectivity index (χ1v) is 7.65. The molecule has 2 heterocycles. The second kappa shape index (κ2) is 5.64. The summed E-state index contributed by atoms with van der Waals surface area (Å²) in [6.07, 6.45) is 9.03. The second-order valence-electron chi connectivity index (χ2n) is 6.28. The molecule has 2 bridgehead atoms. The zero-order valence-electron chi connectivity index (χ0n) is 11.6. The molecule has 0 aromatic heterocycles. The van der Waals surface area contributed by atoms with Crippen LogP contribution in [0.5, 0.6) is 0 Å². The summed E-state index contributed by atoms with van der Waals surface area (Å²) in [5.41, 5.74) is 0.961. The van der Waals surface area contributed by atoms with Crippen LogP contribution in [0.3, 0.4) is 0 Å². The van der Waals surface area contributed by atoms with E-state index in [4.69, 9.17) is 4.74 Å². The summed E-state index contributed by atoms with van der Waals surface area (Å²) >= 11 is 0. The van der Waals surface area contributed by atoms with Crippen molar-refractivity contribution >= 4 is 0 Å². The predicted octanol–water partition coefficient (Wildman–Crippen LogP) is 3.47. The molecule has 1 aromatic rings. The van der Waals surface area contributed by atoms with Crippen molar-refractivity contribution in [1.29, 1.82) is 0 Å². The monoisotopic (exact) mass is 260 g/mol. The average molecular weight is 260 g/mol. The molecule has 2 heteroatoms. The van der Waals surface area contributed by atoms with Crippen LogP contribution < -0.4 is 0 Å². The Hall–Kier alpha value is -0.860. The smallest absolute Gasteiger partial charge is 0.0697 e. The van der Waals surface area contributed by atoms with Gasteiger partial charge in [-0.25, -0.2) is 0 Å². The Morgan fingerprint density at radius 1 is 1.05 bits per heavy atom. The maximum absolute atomic E-state index is 10.7. The molecular formula is C17H24O2. The number of rotatable bonds is 5. The Labute approximate surface area is 115 Å². The van der Waals surface area contributed by atoms with E-state index in [2.05, 4.69) is 30.3 Å². The lowest BCUT2D eigenvalue weighted by molar-refractivity contribution is -0.115. The highest BCUT2D eigenvalue weighted by Crippen LogP contribution is 2.40. The molecule has 19 heavy (non-hydrogen) atoms. The van der Waals surface area contributed by atoms with E-state index in [0.717, 1.165) is 44.9 Å². The van der Waals surface area contributed by atoms with Crippen LogP contribution in [0.15, 0.2) is 30.3 Å². The van der Waals surface area contributed by atoms with Gasteiger partial charge in [0.25, 0.3) is 0 Å². The zero-order valence-corrected chi connectivity index (χ0v) is 11.6. The van der Waals surface area contributed by atoms with Crippen molar-refractivity contribution in [2.24, 2.45) is 0 Å². The van der Waals surface area contributed by atoms with Crippen molar-refractivity contribution in [2.45, 2.75) is 69.2 Å². The van der Waals surface area contributed by atoms with Gasteiger partial charge in [-0.15, -0.1) is 0 Å². The molecule has 0 amide bonds. The third-order valence-electron chi connectivity index (χ3n) is 4.61. The number of ether oxygens (including phenoxy) is 1. The SMILES string of the molecule is OC1(CCCCc2ccccc2)CC2CCC(C1)O2. The minimum absolute atomic E-state index is 0.331. The van der Waals surface area contributed by atoms with E-state index >= 15 is 0 Å². The number of hydrogen-bond acceptors (Lipinski definition) is 2. The van der Waals surface area contributed by atoms with Gasteiger partial charge in [-0.1, -0.05) is 36.8 Å². The quantitative estimate of drug-likeness (QED) is 0.821. The maximum atomic E-state index is 10.7. The van der Waals surface area contributed by atoms with Crippen molar-refractivity contribution in [1.82, 2.24) is 0 Å². The fourth-order valence-electron chi connectivity index (χ4n) is 3.64. The number of hydrogen-bond donors (Lipinski definition) is 1. The first-order chi connectivity index (χ1) is 9.23. The molecule has 2 saturated heterocycles. The van der Waals surface area contributed by atoms with Gasteiger partial charge >= 0.3 is 0 Å². The number of benzene rings is 1. The van der Waals surface area contributed by atoms with Crippen LogP contribution in [-0.4, -0.2) is 22.9 Å². The topological polar surface area (TPSA) is 29.5 Å². The third-order valence-corrected chi connectivity index (χ3v) is 4.61. The van der Waals surface area contributed by atoms with Gasteiger partial charge in [-0.3, -0.25) is 0 Å². The summed E-state index contributed by atoms with van der Waals surface area (Å²) in [6.45, 7) is 0. The Bertz CT molecular complexity index is 389. The first-order valence-electron chi connectivity index (χ1n) is 7.65. The van der Waals surface area contributed by atoms with Crippen molar-refractivity contribution in [3.63, 3.8) is 0 Å². The standard InChI is InChI=1S/C17H24O2/c18-17(12-15-9-10-16(13-17)19-15)11-5-4-8-14-6-2-1-3-7-14/h1-3,6-7,15-16,18H,4-5,8-13H2. The number of aryl methyl sites for hydroxylation is 1. The van der Waals surface area contributed by atoms with Crippen LogP contribution in [-0.2, 0) is 11.2 Å². The van der Waals surface area contributed by atoms with E-state index in [0.29, 0.717) is 12.2 Å². The molecule has 2 fully saturated rings. The zero-order chi connectivity index (χ0) is 13.1. The third kappa shape index (κ3) is 3.37. The molecule has 0 spiro atoms. The minimum atomic E-state index is -0.444. The van der Waals surface area contributed by atoms with Crippen LogP contribution in [0.2, 0.25) is 0 Å². The largest absolute Gasteiger partial charge is 0.390 e. The Morgan fingerprint density at radius 3 is 2.42 bits per heavy atom. The van der Waals surface area contributed by atoms with Gasteiger partial charge in [0.1, 0.15) is 0 Å². The van der Waals surface area contributed by atoms with Crippen LogP contribution >= 0.6 is 0 Å². The molecule has 104 valence electrons. The number of fused-ring (bicyclic) bond motifs is 2. The minimum Gasteiger partial charge on any atom is -0.390 e. The molecule has 1 aromatic carbocycles. The van der Waals surface area contributed by atoms with Gasteiger partial charge in [0, 0.05) is 12.8 Å². The molecule has 0 aliphatic carbocycles. The lowest BCUT2D eigenvalue weighted by Crippen LogP contribution is -2.40. The van der Waals surface area contributed by atoms with Crippen molar-refractivity contribution in [3.8, 4) is 0 Å². The van der Waals surface area contributed by atoms with Gasteiger partial charge in [-0.2, -0.15) is 0 Å². The summed E-state index contributed by atoms with van der Waals surface area (Å²) in [5.74, 6) is 0. The molecule has 3 rings (SSSR count). The first kappa shape index (κ1) is 13.1. The fraction of sp³-hybridized carbons (Fsp3) is 0.647. The van der Waals surface area contributed by atoms with Crippen molar-refractivity contribution in [2.75, 3.05) is 0 Å². The van der Waals surface area contributed by atoms with Crippen molar-refractivity contribution < 1.29 is 9.84 Å². The average Bonchev–Trinajstić information content (AvgIpc) is 2.76. The highest BCUT2D eigenvalue weighted by molar-refractivity contribution is 5.14. The van der Waals surface area contributed by atoms with Crippen molar-refractivity contribution in [3.05, 3.63) is 35.9 Å². The van der Waals surface area contributed by atoms with Gasteiger partial charge < -0.3 is 9.84 Å². The van der Waals surface area contributed by atoms with Crippen LogP contribution in [0.1, 0.15) is 50.5 Å². The number of unbranched alkanes of at least 4 members (excludes halogenated alkanes) is 1. The molecule has 2 unspecified atom stereocenters. The predicted molar refractivity (Wildman–Crippen MR) is 76.1 cm³/mol. The van der Waals surface area contributed by atoms with Gasteiger partial charge in [0.05, 0.1) is 17.8 Å². The van der Waals surface area contributed by atoms with E-state index in [1.807, 2.05) is 0 Å². The fourth-order valence-corrected chi connectivity index (χ4v) is 3.64. The lowest BCUT2D eigenvalue weighted by Gasteiger charge is -2.36. The van der Waals surface area contributed by atoms with Gasteiger partial charge in [-0.05, 0) is 37.7 Å². The lowest BCUT2D eigenvalue weighted by atomic mass is 9.85. The van der Waals surface area contributed by atoms with Gasteiger partial charge in [0.2, 0.25) is 0 Å². The summed E-state index contributed by atoms with van der Waals surface area (Å²) in [5, 5.41) is 10.7. The summed E-state index contributed by atoms with van der Waals surface area (Å²) < 4.78 is 5.81. The maximum Gasteiger partial charge on any atom is 0.0697 e. The molecule has 1 N–H and O–H groups in total. The Morgan fingerprint density at radius 2 is 1.74 bits per heavy atom. The molecule has 0 saturated carbocycles. The Balaban J connectivity index is 1.42. The van der Waals surface area contributed by atoms with Gasteiger partial charge in [0.15, 0.2) is 0 Å². The molecule has 2 aliphatic heterocycles. The number of aliphatic hydroxyl groups is 1. The molecule has 2 aliphatic rings. The van der Waals surface area contributed by atoms with E-state index in [-0.39, 0.29) is 0 Å². The molecule has 2 nitrogen and oxygen atoms in total. The summed E-state index contributed by atoms with van der Waals surface area (Å²) in [6, 6.07) is 10.6. The van der Waals surface area contributed by atoms with Crippen LogP contribution in [0, 0.1) is 0 Å². The van der Waals surface area contributed by atoms with E-state index < -0.39 is 5.60 Å². The van der Waals surface area contributed by atoms with E-state index in [1.165, 1.54) is 12.0 Å². The van der Waals surface area contributed by atoms with E-state index in [1.54, 1.807) is 0 Å². The highest BCUT2D eigenvalue weighted by Gasteiger charge is 2.42. The molecular weight excluding hydrogens is 236 g/mol. The molecule has 2 atom stereocenters. The van der Waals surface area contributed by atoms with Crippen LogP contribution in [0.25, 0.3) is 0 Å². The Kier molecular flexibility index (Phi) is 3.90.